The minimum Gasteiger partial charge on any atom is -0.496 e. The molecular weight excluding hydrogens is 276 g/mol. The maximum Gasteiger partial charge on any atom is 0.164 e. The van der Waals surface area contributed by atoms with E-state index in [4.69, 9.17) is 4.74 Å². The molecule has 4 heteroatoms. The predicted molar refractivity (Wildman–Crippen MR) is 85.5 cm³/mol. The molecular formula is C18H22N2O2. The molecule has 2 aromatic rings. The number of ketones is 1. The van der Waals surface area contributed by atoms with Crippen molar-refractivity contribution in [1.29, 1.82) is 0 Å². The summed E-state index contributed by atoms with van der Waals surface area (Å²) in [5, 5.41) is 0. The van der Waals surface area contributed by atoms with Crippen molar-refractivity contribution in [2.45, 2.75) is 45.6 Å². The first-order valence-electron chi connectivity index (χ1n) is 7.90. The molecule has 1 aliphatic carbocycles. The lowest BCUT2D eigenvalue weighted by atomic mass is 9.86. The average Bonchev–Trinajstić information content (AvgIpc) is 2.96. The van der Waals surface area contributed by atoms with Crippen molar-refractivity contribution in [3.63, 3.8) is 0 Å². The first-order valence-corrected chi connectivity index (χ1v) is 7.90. The molecule has 0 saturated carbocycles. The Morgan fingerprint density at radius 2 is 2.05 bits per heavy atom. The smallest absolute Gasteiger partial charge is 0.164 e. The molecule has 1 aliphatic rings. The van der Waals surface area contributed by atoms with Gasteiger partial charge in [-0.3, -0.25) is 4.79 Å². The van der Waals surface area contributed by atoms with Crippen LogP contribution in [0.5, 0.6) is 5.75 Å². The van der Waals surface area contributed by atoms with Crippen LogP contribution in [0.15, 0.2) is 24.5 Å². The Morgan fingerprint density at radius 3 is 2.73 bits per heavy atom. The molecule has 0 fully saturated rings. The molecule has 0 unspecified atom stereocenters. The van der Waals surface area contributed by atoms with Gasteiger partial charge in [0.1, 0.15) is 11.6 Å². The normalized spacial score (nSPS) is 13.7. The third-order valence-corrected chi connectivity index (χ3v) is 4.52. The molecule has 0 radical (unpaired) electrons. The Balaban J connectivity index is 1.82. The number of ether oxygens (including phenoxy) is 1. The first kappa shape index (κ1) is 14.8. The van der Waals surface area contributed by atoms with E-state index >= 15 is 0 Å². The van der Waals surface area contributed by atoms with Gasteiger partial charge in [-0.25, -0.2) is 4.98 Å². The lowest BCUT2D eigenvalue weighted by molar-refractivity contribution is 0.0975. The van der Waals surface area contributed by atoms with Gasteiger partial charge in [0.25, 0.3) is 0 Å². The van der Waals surface area contributed by atoms with Crippen molar-refractivity contribution in [3.05, 3.63) is 47.0 Å². The zero-order chi connectivity index (χ0) is 15.5. The molecule has 0 amide bonds. The van der Waals surface area contributed by atoms with Crippen molar-refractivity contribution in [1.82, 2.24) is 9.55 Å². The van der Waals surface area contributed by atoms with Crippen molar-refractivity contribution in [3.8, 4) is 5.75 Å². The van der Waals surface area contributed by atoms with E-state index in [0.717, 1.165) is 36.4 Å². The molecule has 0 bridgehead atoms. The van der Waals surface area contributed by atoms with Gasteiger partial charge in [-0.15, -0.1) is 0 Å². The Labute approximate surface area is 131 Å². The van der Waals surface area contributed by atoms with E-state index in [1.165, 1.54) is 17.5 Å². The number of carbonyl (C=O) groups excluding carboxylic acids is 1. The summed E-state index contributed by atoms with van der Waals surface area (Å²) in [7, 11) is 1.70. The highest BCUT2D eigenvalue weighted by molar-refractivity contribution is 5.98. The molecule has 0 saturated heterocycles. The number of hydrogen-bond donors (Lipinski definition) is 0. The highest BCUT2D eigenvalue weighted by Crippen LogP contribution is 2.32. The Kier molecular flexibility index (Phi) is 4.27. The van der Waals surface area contributed by atoms with E-state index in [1.807, 2.05) is 29.8 Å². The second-order valence-electron chi connectivity index (χ2n) is 5.82. The summed E-state index contributed by atoms with van der Waals surface area (Å²) in [5.74, 6) is 2.09. The van der Waals surface area contributed by atoms with E-state index in [1.54, 1.807) is 13.3 Å². The summed E-state index contributed by atoms with van der Waals surface area (Å²) in [6.07, 6.45) is 8.53. The van der Waals surface area contributed by atoms with Crippen LogP contribution in [0.3, 0.4) is 0 Å². The van der Waals surface area contributed by atoms with Crippen LogP contribution in [-0.2, 0) is 19.4 Å². The minimum absolute atomic E-state index is 0.217. The number of carbonyl (C=O) groups is 1. The van der Waals surface area contributed by atoms with Gasteiger partial charge in [0.2, 0.25) is 0 Å². The molecule has 1 aromatic heterocycles. The van der Waals surface area contributed by atoms with Gasteiger partial charge in [-0.1, -0.05) is 0 Å². The number of Topliss-reactive ketones (excluding diaryl/α,β-unsaturated/α-hetero) is 1. The van der Waals surface area contributed by atoms with Crippen LogP contribution in [0.4, 0.5) is 0 Å². The number of aromatic nitrogens is 2. The molecule has 0 atom stereocenters. The molecule has 22 heavy (non-hydrogen) atoms. The fourth-order valence-corrected chi connectivity index (χ4v) is 3.28. The summed E-state index contributed by atoms with van der Waals surface area (Å²) in [6.45, 7) is 2.64. The molecule has 1 aromatic carbocycles. The second-order valence-corrected chi connectivity index (χ2v) is 5.82. The van der Waals surface area contributed by atoms with Gasteiger partial charge in [0.05, 0.1) is 7.11 Å². The fraction of sp³-hybridized carbons (Fsp3) is 0.444. The van der Waals surface area contributed by atoms with Crippen molar-refractivity contribution in [2.75, 3.05) is 7.11 Å². The van der Waals surface area contributed by atoms with Crippen LogP contribution >= 0.6 is 0 Å². The maximum atomic E-state index is 12.6. The second kappa shape index (κ2) is 6.34. The molecule has 116 valence electrons. The highest BCUT2D eigenvalue weighted by atomic mass is 16.5. The van der Waals surface area contributed by atoms with Crippen LogP contribution in [0.2, 0.25) is 0 Å². The summed E-state index contributed by atoms with van der Waals surface area (Å²) in [6, 6.07) is 3.88. The van der Waals surface area contributed by atoms with Gasteiger partial charge in [0, 0.05) is 30.9 Å². The molecule has 0 aliphatic heterocycles. The fourth-order valence-electron chi connectivity index (χ4n) is 3.28. The minimum atomic E-state index is 0.217. The van der Waals surface area contributed by atoms with Crippen LogP contribution in [0.1, 0.15) is 46.6 Å². The summed E-state index contributed by atoms with van der Waals surface area (Å²) in [5.41, 5.74) is 3.32. The van der Waals surface area contributed by atoms with Gasteiger partial charge in [-0.05, 0) is 55.9 Å². The van der Waals surface area contributed by atoms with Gasteiger partial charge >= 0.3 is 0 Å². The van der Waals surface area contributed by atoms with Gasteiger partial charge in [0.15, 0.2) is 5.78 Å². The number of hydrogen-bond acceptors (Lipinski definition) is 3. The predicted octanol–water partition coefficient (Wildman–Crippen LogP) is 3.35. The van der Waals surface area contributed by atoms with Gasteiger partial charge < -0.3 is 9.30 Å². The average molecular weight is 298 g/mol. The van der Waals surface area contributed by atoms with Crippen molar-refractivity contribution < 1.29 is 9.53 Å². The SMILES string of the molecule is COc1ccc(C(=O)CCn2ccnc2C)c2c1CCCC2. The lowest BCUT2D eigenvalue weighted by Crippen LogP contribution is -2.14. The summed E-state index contributed by atoms with van der Waals surface area (Å²) >= 11 is 0. The van der Waals surface area contributed by atoms with Crippen LogP contribution in [0, 0.1) is 6.92 Å². The molecule has 0 N–H and O–H groups in total. The molecule has 1 heterocycles. The van der Waals surface area contributed by atoms with Crippen LogP contribution in [0.25, 0.3) is 0 Å². The Bertz CT molecular complexity index is 688. The zero-order valence-corrected chi connectivity index (χ0v) is 13.3. The van der Waals surface area contributed by atoms with Crippen LogP contribution < -0.4 is 4.74 Å². The maximum absolute atomic E-state index is 12.6. The van der Waals surface area contributed by atoms with E-state index in [9.17, 15) is 4.79 Å². The zero-order valence-electron chi connectivity index (χ0n) is 13.3. The van der Waals surface area contributed by atoms with E-state index in [0.29, 0.717) is 13.0 Å². The van der Waals surface area contributed by atoms with E-state index in [-0.39, 0.29) is 5.78 Å². The Hall–Kier alpha value is -2.10. The standard InChI is InChI=1S/C18H22N2O2/c1-13-19-10-12-20(13)11-9-17(21)15-7-8-18(22-2)16-6-4-3-5-14(15)16/h7-8,10,12H,3-6,9,11H2,1-2H3. The topological polar surface area (TPSA) is 44.1 Å². The van der Waals surface area contributed by atoms with Gasteiger partial charge in [-0.2, -0.15) is 0 Å². The van der Waals surface area contributed by atoms with Crippen molar-refractivity contribution in [2.24, 2.45) is 0 Å². The number of methoxy groups -OCH3 is 1. The first-order chi connectivity index (χ1) is 10.7. The lowest BCUT2D eigenvalue weighted by Gasteiger charge is -2.21. The molecule has 4 nitrogen and oxygen atoms in total. The number of benzene rings is 1. The number of nitrogens with zero attached hydrogens (tertiary/aromatic N) is 2. The van der Waals surface area contributed by atoms with E-state index in [2.05, 4.69) is 4.98 Å². The number of fused-ring (bicyclic) bond motifs is 1. The monoisotopic (exact) mass is 298 g/mol. The quantitative estimate of drug-likeness (QED) is 0.795. The highest BCUT2D eigenvalue weighted by Gasteiger charge is 2.21. The van der Waals surface area contributed by atoms with Crippen LogP contribution in [-0.4, -0.2) is 22.4 Å². The third-order valence-electron chi connectivity index (χ3n) is 4.52. The van der Waals surface area contributed by atoms with E-state index < -0.39 is 0 Å². The number of aryl methyl sites for hydroxylation is 2. The molecule has 3 rings (SSSR count). The molecule has 0 spiro atoms. The summed E-state index contributed by atoms with van der Waals surface area (Å²) < 4.78 is 7.48. The Morgan fingerprint density at radius 1 is 1.27 bits per heavy atom. The number of rotatable bonds is 5. The van der Waals surface area contributed by atoms with Crippen molar-refractivity contribution >= 4 is 5.78 Å². The largest absolute Gasteiger partial charge is 0.496 e. The number of imidazole rings is 1. The third kappa shape index (κ3) is 2.78. The summed E-state index contributed by atoms with van der Waals surface area (Å²) in [4.78, 5) is 16.8.